The third-order valence-corrected chi connectivity index (χ3v) is 6.11. The number of carbonyl (C=O) groups is 1. The maximum absolute atomic E-state index is 12.5. The van der Waals surface area contributed by atoms with Crippen LogP contribution in [-0.4, -0.2) is 36.2 Å². The summed E-state index contributed by atoms with van der Waals surface area (Å²) in [6.07, 6.45) is 2.04. The van der Waals surface area contributed by atoms with Crippen LogP contribution < -0.4 is 5.32 Å². The first kappa shape index (κ1) is 20.2. The van der Waals surface area contributed by atoms with Crippen LogP contribution in [0.15, 0.2) is 53.4 Å². The number of nitrogens with one attached hydrogen (secondary N) is 1. The van der Waals surface area contributed by atoms with Gasteiger partial charge in [-0.1, -0.05) is 41.4 Å². The van der Waals surface area contributed by atoms with Crippen molar-refractivity contribution in [3.8, 4) is 0 Å². The summed E-state index contributed by atoms with van der Waals surface area (Å²) >= 11 is 7.86. The van der Waals surface area contributed by atoms with Crippen LogP contribution in [0.25, 0.3) is 0 Å². The number of amides is 1. The van der Waals surface area contributed by atoms with E-state index >= 15 is 0 Å². The molecule has 1 atom stereocenters. The smallest absolute Gasteiger partial charge is 0.224 e. The van der Waals surface area contributed by atoms with Gasteiger partial charge >= 0.3 is 0 Å². The first-order chi connectivity index (χ1) is 13.1. The summed E-state index contributed by atoms with van der Waals surface area (Å²) < 4.78 is 0. The van der Waals surface area contributed by atoms with Crippen molar-refractivity contribution < 1.29 is 4.79 Å². The number of nitrogens with zero attached hydrogens (tertiary/aromatic N) is 1. The van der Waals surface area contributed by atoms with Crippen LogP contribution in [0.4, 0.5) is 0 Å². The number of aryl methyl sites for hydroxylation is 1. The number of likely N-dealkylation sites (tertiary alicyclic amines) is 1. The molecule has 0 aromatic heterocycles. The van der Waals surface area contributed by atoms with Crippen molar-refractivity contribution in [3.05, 3.63) is 64.7 Å². The van der Waals surface area contributed by atoms with Crippen LogP contribution in [0.2, 0.25) is 5.02 Å². The van der Waals surface area contributed by atoms with Gasteiger partial charge in [-0.25, -0.2) is 0 Å². The van der Waals surface area contributed by atoms with E-state index in [1.54, 1.807) is 11.8 Å². The van der Waals surface area contributed by atoms with E-state index in [1.807, 2.05) is 18.2 Å². The predicted molar refractivity (Wildman–Crippen MR) is 114 cm³/mol. The lowest BCUT2D eigenvalue weighted by Gasteiger charge is -2.32. The molecule has 1 amide bonds. The fourth-order valence-corrected chi connectivity index (χ4v) is 4.41. The lowest BCUT2D eigenvalue weighted by Crippen LogP contribution is -2.43. The third-order valence-electron chi connectivity index (χ3n) is 4.86. The van der Waals surface area contributed by atoms with E-state index in [4.69, 9.17) is 11.6 Å². The van der Waals surface area contributed by atoms with Crippen molar-refractivity contribution in [2.75, 3.05) is 25.4 Å². The minimum Gasteiger partial charge on any atom is -0.355 e. The van der Waals surface area contributed by atoms with E-state index in [2.05, 4.69) is 47.5 Å². The standard InChI is InChI=1S/C22H27ClN2OS/c1-17-7-9-21(10-8-17)27-13-11-24-22(26)19-5-3-12-25(16-19)15-18-4-2-6-20(23)14-18/h2,4,6-10,14,19H,3,5,11-13,15-16H2,1H3,(H,24,26). The quantitative estimate of drug-likeness (QED) is 0.534. The second kappa shape index (κ2) is 10.2. The Morgan fingerprint density at radius 2 is 2.07 bits per heavy atom. The van der Waals surface area contributed by atoms with Gasteiger partial charge in [0, 0.05) is 35.3 Å². The summed E-state index contributed by atoms with van der Waals surface area (Å²) in [5.41, 5.74) is 2.48. The van der Waals surface area contributed by atoms with Gasteiger partial charge in [0.05, 0.1) is 5.92 Å². The number of hydrogen-bond acceptors (Lipinski definition) is 3. The van der Waals surface area contributed by atoms with E-state index < -0.39 is 0 Å². The van der Waals surface area contributed by atoms with E-state index in [0.717, 1.165) is 43.3 Å². The zero-order valence-electron chi connectivity index (χ0n) is 15.8. The van der Waals surface area contributed by atoms with Crippen LogP contribution in [0, 0.1) is 12.8 Å². The fourth-order valence-electron chi connectivity index (χ4n) is 3.43. The number of benzene rings is 2. The van der Waals surface area contributed by atoms with Crippen molar-refractivity contribution in [2.24, 2.45) is 5.92 Å². The molecule has 2 aromatic rings. The summed E-state index contributed by atoms with van der Waals surface area (Å²) in [5.74, 6) is 1.17. The van der Waals surface area contributed by atoms with Crippen molar-refractivity contribution in [2.45, 2.75) is 31.2 Å². The Balaban J connectivity index is 1.40. The molecule has 1 heterocycles. The summed E-state index contributed by atoms with van der Waals surface area (Å²) in [6.45, 7) is 5.52. The molecule has 1 aliphatic heterocycles. The van der Waals surface area contributed by atoms with Crippen LogP contribution in [0.5, 0.6) is 0 Å². The molecule has 1 unspecified atom stereocenters. The second-order valence-corrected chi connectivity index (χ2v) is 8.76. The number of piperidine rings is 1. The van der Waals surface area contributed by atoms with Gasteiger partial charge in [-0.2, -0.15) is 0 Å². The van der Waals surface area contributed by atoms with Gasteiger partial charge in [-0.05, 0) is 56.1 Å². The molecule has 0 radical (unpaired) electrons. The van der Waals surface area contributed by atoms with Gasteiger partial charge in [0.25, 0.3) is 0 Å². The van der Waals surface area contributed by atoms with E-state index in [1.165, 1.54) is 16.0 Å². The first-order valence-electron chi connectivity index (χ1n) is 9.54. The molecule has 1 saturated heterocycles. The predicted octanol–water partition coefficient (Wildman–Crippen LogP) is 4.77. The molecule has 5 heteroatoms. The summed E-state index contributed by atoms with van der Waals surface area (Å²) in [7, 11) is 0. The van der Waals surface area contributed by atoms with Gasteiger partial charge in [0.1, 0.15) is 0 Å². The highest BCUT2D eigenvalue weighted by Crippen LogP contribution is 2.21. The Morgan fingerprint density at radius 1 is 1.26 bits per heavy atom. The van der Waals surface area contributed by atoms with Crippen molar-refractivity contribution in [3.63, 3.8) is 0 Å². The molecule has 3 nitrogen and oxygen atoms in total. The normalized spacial score (nSPS) is 17.6. The molecule has 1 N–H and O–H groups in total. The number of carbonyl (C=O) groups excluding carboxylic acids is 1. The molecule has 0 aliphatic carbocycles. The maximum atomic E-state index is 12.5. The van der Waals surface area contributed by atoms with Gasteiger partial charge in [-0.3, -0.25) is 9.69 Å². The van der Waals surface area contributed by atoms with Crippen LogP contribution in [-0.2, 0) is 11.3 Å². The highest BCUT2D eigenvalue weighted by Gasteiger charge is 2.25. The molecular formula is C22H27ClN2OS. The highest BCUT2D eigenvalue weighted by molar-refractivity contribution is 7.99. The Morgan fingerprint density at radius 3 is 2.85 bits per heavy atom. The minimum atomic E-state index is 0.0855. The first-order valence-corrected chi connectivity index (χ1v) is 10.9. The zero-order chi connectivity index (χ0) is 19.1. The van der Waals surface area contributed by atoms with E-state index in [-0.39, 0.29) is 11.8 Å². The van der Waals surface area contributed by atoms with Crippen molar-refractivity contribution >= 4 is 29.3 Å². The second-order valence-electron chi connectivity index (χ2n) is 7.16. The van der Waals surface area contributed by atoms with Crippen LogP contribution in [0.3, 0.4) is 0 Å². The van der Waals surface area contributed by atoms with Crippen LogP contribution >= 0.6 is 23.4 Å². The van der Waals surface area contributed by atoms with E-state index in [0.29, 0.717) is 6.54 Å². The highest BCUT2D eigenvalue weighted by atomic mass is 35.5. The average Bonchev–Trinajstić information content (AvgIpc) is 2.67. The van der Waals surface area contributed by atoms with Crippen LogP contribution in [0.1, 0.15) is 24.0 Å². The molecule has 1 fully saturated rings. The fraction of sp³-hybridized carbons (Fsp3) is 0.409. The topological polar surface area (TPSA) is 32.3 Å². The van der Waals surface area contributed by atoms with Gasteiger partial charge < -0.3 is 5.32 Å². The molecule has 0 bridgehead atoms. The van der Waals surface area contributed by atoms with Crippen molar-refractivity contribution in [1.82, 2.24) is 10.2 Å². The minimum absolute atomic E-state index is 0.0855. The average molecular weight is 403 g/mol. The number of rotatable bonds is 7. The van der Waals surface area contributed by atoms with Gasteiger partial charge in [0.2, 0.25) is 5.91 Å². The Kier molecular flexibility index (Phi) is 7.62. The lowest BCUT2D eigenvalue weighted by atomic mass is 9.96. The van der Waals surface area contributed by atoms with Crippen molar-refractivity contribution in [1.29, 1.82) is 0 Å². The summed E-state index contributed by atoms with van der Waals surface area (Å²) in [5, 5.41) is 3.89. The number of hydrogen-bond donors (Lipinski definition) is 1. The molecule has 1 aliphatic rings. The molecule has 27 heavy (non-hydrogen) atoms. The Hall–Kier alpha value is -1.49. The van der Waals surface area contributed by atoms with Gasteiger partial charge in [-0.15, -0.1) is 11.8 Å². The number of halogens is 1. The zero-order valence-corrected chi connectivity index (χ0v) is 17.4. The summed E-state index contributed by atoms with van der Waals surface area (Å²) in [4.78, 5) is 16.1. The number of thioether (sulfide) groups is 1. The van der Waals surface area contributed by atoms with E-state index in [9.17, 15) is 4.79 Å². The molecule has 144 valence electrons. The molecule has 2 aromatic carbocycles. The molecule has 3 rings (SSSR count). The molecule has 0 saturated carbocycles. The largest absolute Gasteiger partial charge is 0.355 e. The molecular weight excluding hydrogens is 376 g/mol. The Labute approximate surface area is 171 Å². The Bertz CT molecular complexity index is 750. The third kappa shape index (κ3) is 6.56. The maximum Gasteiger partial charge on any atom is 0.224 e. The molecule has 0 spiro atoms. The monoisotopic (exact) mass is 402 g/mol. The SMILES string of the molecule is Cc1ccc(SCCNC(=O)C2CCCN(Cc3cccc(Cl)c3)C2)cc1. The lowest BCUT2D eigenvalue weighted by molar-refractivity contribution is -0.126. The van der Waals surface area contributed by atoms with Gasteiger partial charge in [0.15, 0.2) is 0 Å². The summed E-state index contributed by atoms with van der Waals surface area (Å²) in [6, 6.07) is 16.5.